The molecule has 8 aromatic rings. The second-order valence-electron chi connectivity index (χ2n) is 35.2. The van der Waals surface area contributed by atoms with E-state index >= 15 is 0 Å². The van der Waals surface area contributed by atoms with Gasteiger partial charge in [0.2, 0.25) is 11.8 Å². The number of nitrogens with zero attached hydrogens (tertiary/aromatic N) is 6. The minimum atomic E-state index is -0.190. The van der Waals surface area contributed by atoms with Gasteiger partial charge in [0.15, 0.2) is 0 Å². The van der Waals surface area contributed by atoms with E-state index in [4.69, 9.17) is 0 Å². The average Bonchev–Trinajstić information content (AvgIpc) is 0.869. The summed E-state index contributed by atoms with van der Waals surface area (Å²) < 4.78 is 0. The minimum Gasteiger partial charge on any atom is -0.508 e. The normalized spacial score (nSPS) is 14.5. The zero-order valence-electron chi connectivity index (χ0n) is 81.6. The molecule has 2 amide bonds. The van der Waals surface area contributed by atoms with Gasteiger partial charge < -0.3 is 70.3 Å². The number of carbonyl (C=O) groups excluding carboxylic acids is 4. The number of rotatable bonds is 36. The van der Waals surface area contributed by atoms with E-state index in [2.05, 4.69) is 169 Å². The highest BCUT2D eigenvalue weighted by atomic mass is 16.3. The van der Waals surface area contributed by atoms with Crippen LogP contribution in [0.3, 0.4) is 0 Å². The van der Waals surface area contributed by atoms with Gasteiger partial charge in [-0.1, -0.05) is 203 Å². The first kappa shape index (κ1) is 115. The number of amides is 2. The first-order chi connectivity index (χ1) is 60.2. The molecule has 0 radical (unpaired) electrons. The number of hydrogen-bond donors (Lipinski definition) is 8. The van der Waals surface area contributed by atoms with E-state index in [1.165, 1.54) is 11.1 Å². The standard InChI is InChI=1S/2C14H19NO2.2C14H23NO.2C14H21NO.2C13H16O2/c2*1-5-13(10(2)14(17)15(3)4)11-7-6-8-12(16)9-11;4*1-5-14(11(2)10-15(3)4)12-7-6-8-13(16)9-12;2*1-4-13(9(2)10(3)14)11-6-5-7-12(15)8-11/h2*5-10,13,16H,1H2,2-4H3;2*6-9,11,14,16H,5,10H2,1-4H3;2*5-9,11,14,16H,1,10H2,2-4H3;2*4-9,13,15H,1H2,2-3H3/t10-,13-;;11-,14+;;11-,14+;;9-,13+;/m1.0.0.0./s1. The summed E-state index contributed by atoms with van der Waals surface area (Å²) in [6.07, 6.45) is 13.1. The van der Waals surface area contributed by atoms with Crippen molar-refractivity contribution >= 4 is 23.4 Å². The van der Waals surface area contributed by atoms with Crippen molar-refractivity contribution < 1.29 is 60.0 Å². The number of phenols is 8. The first-order valence-corrected chi connectivity index (χ1v) is 44.3. The van der Waals surface area contributed by atoms with Gasteiger partial charge in [-0.2, -0.15) is 0 Å². The molecule has 128 heavy (non-hydrogen) atoms. The second kappa shape index (κ2) is 60.5. The first-order valence-electron chi connectivity index (χ1n) is 44.3. The van der Waals surface area contributed by atoms with Gasteiger partial charge in [0.05, 0.1) is 0 Å². The lowest BCUT2D eigenvalue weighted by Gasteiger charge is -2.26. The molecule has 18 heteroatoms. The molecule has 700 valence electrons. The van der Waals surface area contributed by atoms with Crippen molar-refractivity contribution in [3.63, 3.8) is 0 Å². The Kier molecular flexibility index (Phi) is 54.2. The third-order valence-electron chi connectivity index (χ3n) is 22.8. The van der Waals surface area contributed by atoms with E-state index < -0.39 is 0 Å². The van der Waals surface area contributed by atoms with Crippen LogP contribution in [0.4, 0.5) is 0 Å². The van der Waals surface area contributed by atoms with E-state index in [1.807, 2.05) is 125 Å². The van der Waals surface area contributed by atoms with Crippen molar-refractivity contribution in [2.24, 2.45) is 47.3 Å². The van der Waals surface area contributed by atoms with Crippen molar-refractivity contribution in [1.82, 2.24) is 29.4 Å². The molecule has 0 fully saturated rings. The SMILES string of the molecule is C=CC(c1cccc(O)c1)C(C)C(=O)N(C)C.C=CC(c1cccc(O)c1)C(C)C(C)=O.C=CC(c1cccc(O)c1)C(C)CN(C)C.C=C[C@@H](c1cccc(O)c1)[C@@H](C)C(=O)N(C)C.C=C[C@@H](c1cccc(O)c1)[C@@H](C)C(C)=O.C=C[C@@H](c1cccc(O)c1)[C@@H](C)CN(C)C.CCC(c1cccc(O)c1)C(C)CN(C)C.CC[C@@H](c1cccc(O)c1)[C@@H](C)CN(C)C. The molecule has 0 saturated heterocycles. The summed E-state index contributed by atoms with van der Waals surface area (Å²) >= 11 is 0. The second-order valence-corrected chi connectivity index (χ2v) is 35.2. The Morgan fingerprint density at radius 3 is 0.586 bits per heavy atom. The zero-order valence-corrected chi connectivity index (χ0v) is 81.6. The maximum Gasteiger partial charge on any atom is 0.225 e. The molecule has 8 N–H and O–H groups in total. The fourth-order valence-electron chi connectivity index (χ4n) is 16.2. The van der Waals surface area contributed by atoms with Crippen LogP contribution in [0.2, 0.25) is 0 Å². The van der Waals surface area contributed by atoms with E-state index in [0.717, 1.165) is 72.4 Å². The quantitative estimate of drug-likeness (QED) is 0.0170. The Morgan fingerprint density at radius 2 is 0.430 bits per heavy atom. The van der Waals surface area contributed by atoms with Gasteiger partial charge in [-0.25, -0.2) is 0 Å². The molecule has 16 atom stereocenters. The maximum absolute atomic E-state index is 11.9. The molecule has 0 aliphatic rings. The number of ketones is 2. The molecule has 0 aliphatic heterocycles. The number of aromatic hydroxyl groups is 8. The van der Waals surface area contributed by atoms with E-state index in [1.54, 1.807) is 173 Å². The summed E-state index contributed by atoms with van der Waals surface area (Å²) in [5.74, 6) is 5.54. The minimum absolute atomic E-state index is 0.0328. The molecule has 0 saturated carbocycles. The highest BCUT2D eigenvalue weighted by molar-refractivity contribution is 5.81. The van der Waals surface area contributed by atoms with Crippen LogP contribution < -0.4 is 0 Å². The van der Waals surface area contributed by atoms with E-state index in [-0.39, 0.29) is 106 Å². The number of Topliss-reactive ketones (excluding diaryl/α,β-unsaturated/α-hetero) is 2. The van der Waals surface area contributed by atoms with E-state index in [9.17, 15) is 60.0 Å². The van der Waals surface area contributed by atoms with Crippen molar-refractivity contribution in [3.05, 3.63) is 315 Å². The summed E-state index contributed by atoms with van der Waals surface area (Å²) in [5.41, 5.74) is 8.41. The fourth-order valence-corrected chi connectivity index (χ4v) is 16.2. The molecule has 0 aliphatic carbocycles. The number of benzene rings is 8. The van der Waals surface area contributed by atoms with Crippen molar-refractivity contribution in [2.75, 3.05) is 111 Å². The number of carbonyl (C=O) groups is 4. The molecule has 8 unspecified atom stereocenters. The molecular formula is C110H158N6O12. The molecular weight excluding hydrogens is 1600 g/mol. The van der Waals surface area contributed by atoms with E-state index in [0.29, 0.717) is 58.5 Å². The van der Waals surface area contributed by atoms with Crippen LogP contribution in [0.5, 0.6) is 46.0 Å². The number of hydrogen-bond acceptors (Lipinski definition) is 16. The Balaban J connectivity index is 0.000000732. The Bertz CT molecular complexity index is 4340. The number of phenolic OH excluding ortho intramolecular Hbond substituents is 8. The van der Waals surface area contributed by atoms with Crippen LogP contribution in [0.25, 0.3) is 0 Å². The molecule has 0 heterocycles. The zero-order chi connectivity index (χ0) is 97.4. The number of allylic oxidation sites excluding steroid dienone is 6. The van der Waals surface area contributed by atoms with Crippen LogP contribution in [0, 0.1) is 47.3 Å². The van der Waals surface area contributed by atoms with Gasteiger partial charge in [0.25, 0.3) is 0 Å². The summed E-state index contributed by atoms with van der Waals surface area (Å²) in [5, 5.41) is 75.6. The predicted molar refractivity (Wildman–Crippen MR) is 535 cm³/mol. The molecule has 0 aromatic heterocycles. The Morgan fingerprint density at radius 1 is 0.266 bits per heavy atom. The average molecular weight is 1760 g/mol. The predicted octanol–water partition coefficient (Wildman–Crippen LogP) is 22.4. The molecule has 8 aromatic carbocycles. The Labute approximate surface area is 770 Å². The molecule has 18 nitrogen and oxygen atoms in total. The van der Waals surface area contributed by atoms with Crippen LogP contribution >= 0.6 is 0 Å². The monoisotopic (exact) mass is 1760 g/mol. The van der Waals surface area contributed by atoms with Crippen LogP contribution in [0.1, 0.15) is 188 Å². The van der Waals surface area contributed by atoms with Gasteiger partial charge in [0.1, 0.15) is 57.6 Å². The summed E-state index contributed by atoms with van der Waals surface area (Å²) in [4.78, 5) is 58.3. The molecule has 0 bridgehead atoms. The van der Waals surface area contributed by atoms with Gasteiger partial charge in [-0.15, -0.1) is 39.5 Å². The lowest BCUT2D eigenvalue weighted by molar-refractivity contribution is -0.133. The van der Waals surface area contributed by atoms with Crippen molar-refractivity contribution in [2.45, 2.75) is 143 Å². The van der Waals surface area contributed by atoms with Crippen LogP contribution in [-0.4, -0.2) is 204 Å². The topological polar surface area (TPSA) is 250 Å². The van der Waals surface area contributed by atoms with Crippen molar-refractivity contribution in [3.8, 4) is 46.0 Å². The van der Waals surface area contributed by atoms with Gasteiger partial charge in [-0.3, -0.25) is 19.2 Å². The Hall–Kier alpha value is -11.3. The third-order valence-corrected chi connectivity index (χ3v) is 22.8. The van der Waals surface area contributed by atoms with Gasteiger partial charge >= 0.3 is 0 Å². The lowest BCUT2D eigenvalue weighted by Crippen LogP contribution is -2.31. The highest BCUT2D eigenvalue weighted by Crippen LogP contribution is 2.37. The van der Waals surface area contributed by atoms with Crippen LogP contribution in [-0.2, 0) is 19.2 Å². The van der Waals surface area contributed by atoms with Crippen LogP contribution in [0.15, 0.2) is 270 Å². The van der Waals surface area contributed by atoms with Crippen molar-refractivity contribution in [1.29, 1.82) is 0 Å². The summed E-state index contributed by atoms with van der Waals surface area (Å²) in [7, 11) is 23.6. The molecule has 0 spiro atoms. The van der Waals surface area contributed by atoms with Gasteiger partial charge in [-0.05, 0) is 260 Å². The lowest BCUT2D eigenvalue weighted by atomic mass is 9.85. The highest BCUT2D eigenvalue weighted by Gasteiger charge is 2.28. The fraction of sp³-hybridized carbons (Fsp3) is 0.418. The third kappa shape index (κ3) is 41.7. The largest absolute Gasteiger partial charge is 0.508 e. The smallest absolute Gasteiger partial charge is 0.225 e. The van der Waals surface area contributed by atoms with Gasteiger partial charge in [0, 0.05) is 114 Å². The molecule has 8 rings (SSSR count). The summed E-state index contributed by atoms with van der Waals surface area (Å²) in [6.45, 7) is 51.0. The summed E-state index contributed by atoms with van der Waals surface area (Å²) in [6, 6.07) is 58.0. The maximum atomic E-state index is 11.9.